The van der Waals surface area contributed by atoms with Crippen molar-refractivity contribution < 1.29 is 28.6 Å². The maximum Gasteiger partial charge on any atom is 0.246 e. The van der Waals surface area contributed by atoms with Crippen LogP contribution in [0.3, 0.4) is 0 Å². The number of halogens is 1. The molecule has 0 radical (unpaired) electrons. The minimum Gasteiger partial charge on any atom is -0.486 e. The minimum atomic E-state index is -1.25. The summed E-state index contributed by atoms with van der Waals surface area (Å²) in [7, 11) is 0. The Morgan fingerprint density at radius 3 is 2.64 bits per heavy atom. The fourth-order valence-corrected chi connectivity index (χ4v) is 7.44. The number of para-hydroxylation sites is 2. The highest BCUT2D eigenvalue weighted by atomic mass is 35.5. The molecular weight excluding hydrogens is 558 g/mol. The monoisotopic (exact) mass is 591 g/mol. The van der Waals surface area contributed by atoms with E-state index in [1.165, 1.54) is 0 Å². The van der Waals surface area contributed by atoms with Crippen molar-refractivity contribution in [3.05, 3.63) is 65.2 Å². The van der Waals surface area contributed by atoms with Gasteiger partial charge in [-0.25, -0.2) is 0 Å². The molecule has 2 saturated heterocycles. The number of aryl methyl sites for hydroxylation is 1. The van der Waals surface area contributed by atoms with Crippen molar-refractivity contribution in [1.82, 2.24) is 10.2 Å². The van der Waals surface area contributed by atoms with E-state index in [2.05, 4.69) is 10.6 Å². The maximum atomic E-state index is 14.3. The number of amides is 3. The highest BCUT2D eigenvalue weighted by Gasteiger charge is 2.73. The summed E-state index contributed by atoms with van der Waals surface area (Å²) in [5.41, 5.74) is 0.183. The molecule has 2 bridgehead atoms. The van der Waals surface area contributed by atoms with Gasteiger partial charge in [0.25, 0.3) is 0 Å². The maximum absolute atomic E-state index is 14.3. The van der Waals surface area contributed by atoms with E-state index < -0.39 is 35.7 Å². The molecule has 2 aromatic carbocycles. The zero-order valence-corrected chi connectivity index (χ0v) is 24.1. The Hall–Kier alpha value is -3.56. The van der Waals surface area contributed by atoms with Crippen LogP contribution < -0.4 is 20.1 Å². The van der Waals surface area contributed by atoms with Crippen molar-refractivity contribution in [2.24, 2.45) is 11.8 Å². The largest absolute Gasteiger partial charge is 0.486 e. The second kappa shape index (κ2) is 10.6. The number of hydrogen-bond donors (Lipinski definition) is 2. The van der Waals surface area contributed by atoms with E-state index in [0.717, 1.165) is 37.7 Å². The Balaban J connectivity index is 1.18. The summed E-state index contributed by atoms with van der Waals surface area (Å²) in [6, 6.07) is 11.8. The fraction of sp³-hybridized carbons (Fsp3) is 0.469. The summed E-state index contributed by atoms with van der Waals surface area (Å²) in [4.78, 5) is 43.6. The SMILES string of the molecule is Cc1ccc(NC(=O)[C@H]2[C@H]3C=C[C@]4(O3)[C@H](C(=O)NC3CCCCC3)N(C[C@@H]3COc5ccccc5O3)C(=O)[C@@H]24)cc1Cl. The highest BCUT2D eigenvalue weighted by Crippen LogP contribution is 2.55. The van der Waals surface area contributed by atoms with E-state index >= 15 is 0 Å². The van der Waals surface area contributed by atoms with Crippen LogP contribution in [-0.4, -0.2) is 65.7 Å². The predicted octanol–water partition coefficient (Wildman–Crippen LogP) is 4.03. The molecule has 5 aliphatic rings. The molecule has 3 fully saturated rings. The first-order valence-corrected chi connectivity index (χ1v) is 15.2. The molecule has 220 valence electrons. The Labute approximate surface area is 249 Å². The van der Waals surface area contributed by atoms with Crippen LogP contribution in [0.25, 0.3) is 0 Å². The molecule has 1 aliphatic carbocycles. The zero-order valence-electron chi connectivity index (χ0n) is 23.4. The number of likely N-dealkylation sites (tertiary alicyclic amines) is 1. The van der Waals surface area contributed by atoms with Crippen molar-refractivity contribution >= 4 is 35.0 Å². The Morgan fingerprint density at radius 1 is 1.07 bits per heavy atom. The average molecular weight is 592 g/mol. The molecule has 7 rings (SSSR count). The fourth-order valence-electron chi connectivity index (χ4n) is 7.26. The molecule has 42 heavy (non-hydrogen) atoms. The van der Waals surface area contributed by atoms with Gasteiger partial charge in [0, 0.05) is 16.8 Å². The summed E-state index contributed by atoms with van der Waals surface area (Å²) in [6.45, 7) is 2.24. The number of anilines is 1. The second-order valence-electron chi connectivity index (χ2n) is 12.0. The number of benzene rings is 2. The number of nitrogens with one attached hydrogen (secondary N) is 2. The van der Waals surface area contributed by atoms with E-state index in [9.17, 15) is 14.4 Å². The molecule has 9 nitrogen and oxygen atoms in total. The molecule has 3 amide bonds. The Morgan fingerprint density at radius 2 is 1.86 bits per heavy atom. The van der Waals surface area contributed by atoms with Crippen LogP contribution in [0.15, 0.2) is 54.6 Å². The molecule has 6 atom stereocenters. The summed E-state index contributed by atoms with van der Waals surface area (Å²) >= 11 is 6.29. The molecule has 0 aromatic heterocycles. The number of carbonyl (C=O) groups is 3. The molecular formula is C32H34ClN3O6. The van der Waals surface area contributed by atoms with Gasteiger partial charge in [0.2, 0.25) is 17.7 Å². The van der Waals surface area contributed by atoms with Crippen LogP contribution in [0.5, 0.6) is 11.5 Å². The molecule has 2 aromatic rings. The number of ether oxygens (including phenoxy) is 3. The number of nitrogens with zero attached hydrogens (tertiary/aromatic N) is 1. The predicted molar refractivity (Wildman–Crippen MR) is 155 cm³/mol. The first-order valence-electron chi connectivity index (χ1n) is 14.8. The van der Waals surface area contributed by atoms with Crippen LogP contribution in [-0.2, 0) is 19.1 Å². The molecule has 4 aliphatic heterocycles. The third-order valence-electron chi connectivity index (χ3n) is 9.28. The van der Waals surface area contributed by atoms with Crippen molar-refractivity contribution in [1.29, 1.82) is 0 Å². The van der Waals surface area contributed by atoms with Gasteiger partial charge >= 0.3 is 0 Å². The van der Waals surface area contributed by atoms with Gasteiger partial charge in [-0.2, -0.15) is 0 Å². The number of hydrogen-bond acceptors (Lipinski definition) is 6. The van der Waals surface area contributed by atoms with Crippen LogP contribution in [0.2, 0.25) is 5.02 Å². The van der Waals surface area contributed by atoms with Gasteiger partial charge in [-0.1, -0.05) is 61.2 Å². The summed E-state index contributed by atoms with van der Waals surface area (Å²) in [6.07, 6.45) is 7.61. The Bertz CT molecular complexity index is 1460. The van der Waals surface area contributed by atoms with Gasteiger partial charge in [-0.3, -0.25) is 14.4 Å². The first-order chi connectivity index (χ1) is 20.3. The Kier molecular flexibility index (Phi) is 6.89. The van der Waals surface area contributed by atoms with Gasteiger partial charge in [0.1, 0.15) is 18.2 Å². The quantitative estimate of drug-likeness (QED) is 0.492. The topological polar surface area (TPSA) is 106 Å². The first kappa shape index (κ1) is 27.3. The van der Waals surface area contributed by atoms with Gasteiger partial charge in [-0.15, -0.1) is 0 Å². The molecule has 1 spiro atoms. The smallest absolute Gasteiger partial charge is 0.246 e. The van der Waals surface area contributed by atoms with E-state index in [1.807, 2.05) is 49.4 Å². The lowest BCUT2D eigenvalue weighted by Crippen LogP contribution is -2.58. The molecule has 2 N–H and O–H groups in total. The van der Waals surface area contributed by atoms with Crippen molar-refractivity contribution in [2.75, 3.05) is 18.5 Å². The van der Waals surface area contributed by atoms with Gasteiger partial charge in [-0.05, 0) is 49.6 Å². The summed E-state index contributed by atoms with van der Waals surface area (Å²) in [5, 5.41) is 6.68. The van der Waals surface area contributed by atoms with E-state index in [0.29, 0.717) is 22.2 Å². The number of carbonyl (C=O) groups excluding carboxylic acids is 3. The van der Waals surface area contributed by atoms with E-state index in [1.54, 1.807) is 17.0 Å². The average Bonchev–Trinajstić information content (AvgIpc) is 3.63. The van der Waals surface area contributed by atoms with Crippen LogP contribution >= 0.6 is 11.6 Å². The number of rotatable bonds is 6. The number of fused-ring (bicyclic) bond motifs is 2. The third kappa shape index (κ3) is 4.54. The van der Waals surface area contributed by atoms with Crippen LogP contribution in [0.1, 0.15) is 37.7 Å². The van der Waals surface area contributed by atoms with Crippen LogP contribution in [0.4, 0.5) is 5.69 Å². The lowest BCUT2D eigenvalue weighted by molar-refractivity contribution is -0.143. The van der Waals surface area contributed by atoms with Crippen molar-refractivity contribution in [2.45, 2.75) is 68.9 Å². The third-order valence-corrected chi connectivity index (χ3v) is 9.69. The summed E-state index contributed by atoms with van der Waals surface area (Å²) in [5.74, 6) is -1.32. The van der Waals surface area contributed by atoms with Crippen molar-refractivity contribution in [3.63, 3.8) is 0 Å². The lowest BCUT2D eigenvalue weighted by Gasteiger charge is -2.36. The molecule has 10 heteroatoms. The summed E-state index contributed by atoms with van der Waals surface area (Å²) < 4.78 is 18.6. The van der Waals surface area contributed by atoms with Crippen molar-refractivity contribution in [3.8, 4) is 11.5 Å². The lowest BCUT2D eigenvalue weighted by atomic mass is 9.74. The normalized spacial score (nSPS) is 31.2. The van der Waals surface area contributed by atoms with Gasteiger partial charge in [0.05, 0.1) is 24.5 Å². The second-order valence-corrected chi connectivity index (χ2v) is 12.4. The molecule has 1 saturated carbocycles. The highest BCUT2D eigenvalue weighted by molar-refractivity contribution is 6.31. The van der Waals surface area contributed by atoms with E-state index in [-0.39, 0.29) is 36.9 Å². The van der Waals surface area contributed by atoms with Gasteiger partial charge < -0.3 is 29.7 Å². The standard InChI is InChI=1S/C32H34ClN3O6/c1-18-11-12-20(15-22(18)33)35-29(37)26-25-13-14-32(42-25)27(26)31(39)36(28(32)30(38)34-19-7-3-2-4-8-19)16-21-17-40-23-9-5-6-10-24(23)41-21/h5-6,9-15,19,21,25-28H,2-4,7-8,16-17H2,1H3,(H,34,38)(H,35,37)/t21-,25-,26+,27-,28+,32-/m1/s1. The van der Waals surface area contributed by atoms with Gasteiger partial charge in [0.15, 0.2) is 17.6 Å². The zero-order chi connectivity index (χ0) is 29.0. The molecule has 0 unspecified atom stereocenters. The molecule has 4 heterocycles. The van der Waals surface area contributed by atoms with E-state index in [4.69, 9.17) is 25.8 Å². The van der Waals surface area contributed by atoms with Crippen LogP contribution in [0, 0.1) is 18.8 Å². The minimum absolute atomic E-state index is 0.0488.